The second-order valence-corrected chi connectivity index (χ2v) is 7.41. The fraction of sp³-hybridized carbons (Fsp3) is 0.450. The van der Waals surface area contributed by atoms with Crippen LogP contribution < -0.4 is 10.1 Å². The Hall–Kier alpha value is -2.46. The lowest BCUT2D eigenvalue weighted by atomic mass is 9.95. The van der Waals surface area contributed by atoms with Crippen molar-refractivity contribution in [3.63, 3.8) is 0 Å². The van der Waals surface area contributed by atoms with Gasteiger partial charge < -0.3 is 10.1 Å². The normalized spacial score (nSPS) is 14.5. The number of benzene rings is 1. The van der Waals surface area contributed by atoms with E-state index in [2.05, 4.69) is 26.0 Å². The monoisotopic (exact) mass is 384 g/mol. The number of carbonyl (C=O) groups excluding carboxylic acids is 1. The highest BCUT2D eigenvalue weighted by atomic mass is 32.2. The molecule has 142 valence electrons. The predicted octanol–water partition coefficient (Wildman–Crippen LogP) is 3.30. The molecule has 1 aromatic carbocycles. The summed E-state index contributed by atoms with van der Waals surface area (Å²) >= 11 is 1.41. The quantitative estimate of drug-likeness (QED) is 0.586. The second-order valence-electron chi connectivity index (χ2n) is 6.47. The number of amides is 1. The zero-order valence-corrected chi connectivity index (χ0v) is 16.3. The van der Waals surface area contributed by atoms with Crippen molar-refractivity contribution in [1.82, 2.24) is 20.1 Å². The fourth-order valence-corrected chi connectivity index (χ4v) is 4.15. The maximum Gasteiger partial charge on any atom is 0.231 e. The van der Waals surface area contributed by atoms with E-state index in [0.29, 0.717) is 6.04 Å². The number of terminal acetylenes is 1. The molecule has 7 heteroatoms. The summed E-state index contributed by atoms with van der Waals surface area (Å²) < 4.78 is 7.46. The second kappa shape index (κ2) is 9.47. The van der Waals surface area contributed by atoms with Crippen LogP contribution in [0.15, 0.2) is 29.4 Å². The molecule has 27 heavy (non-hydrogen) atoms. The number of nitrogens with one attached hydrogen (secondary N) is 1. The van der Waals surface area contributed by atoms with Crippen LogP contribution in [0.25, 0.3) is 11.4 Å². The van der Waals surface area contributed by atoms with E-state index in [9.17, 15) is 4.79 Å². The third-order valence-electron chi connectivity index (χ3n) is 4.67. The largest absolute Gasteiger partial charge is 0.497 e. The van der Waals surface area contributed by atoms with Crippen molar-refractivity contribution >= 4 is 17.7 Å². The number of hydrogen-bond donors (Lipinski definition) is 1. The molecule has 1 aliphatic rings. The van der Waals surface area contributed by atoms with Crippen LogP contribution in [-0.2, 0) is 4.79 Å². The van der Waals surface area contributed by atoms with E-state index >= 15 is 0 Å². The van der Waals surface area contributed by atoms with Crippen LogP contribution in [0.1, 0.15) is 38.1 Å². The van der Waals surface area contributed by atoms with Crippen LogP contribution in [0.5, 0.6) is 5.75 Å². The highest BCUT2D eigenvalue weighted by Gasteiger charge is 2.24. The van der Waals surface area contributed by atoms with E-state index in [0.717, 1.165) is 35.1 Å². The number of rotatable bonds is 7. The van der Waals surface area contributed by atoms with E-state index in [1.807, 2.05) is 24.3 Å². The molecular weight excluding hydrogens is 360 g/mol. The first-order chi connectivity index (χ1) is 13.2. The topological polar surface area (TPSA) is 69.0 Å². The Morgan fingerprint density at radius 1 is 1.30 bits per heavy atom. The molecule has 0 saturated heterocycles. The Morgan fingerprint density at radius 2 is 2.04 bits per heavy atom. The van der Waals surface area contributed by atoms with Crippen LogP contribution in [0.3, 0.4) is 0 Å². The van der Waals surface area contributed by atoms with E-state index < -0.39 is 0 Å². The number of carbonyl (C=O) groups is 1. The zero-order chi connectivity index (χ0) is 19.1. The maximum atomic E-state index is 11.9. The summed E-state index contributed by atoms with van der Waals surface area (Å²) in [7, 11) is 1.65. The van der Waals surface area contributed by atoms with Crippen LogP contribution >= 0.6 is 11.8 Å². The van der Waals surface area contributed by atoms with Crippen molar-refractivity contribution in [1.29, 1.82) is 0 Å². The Kier molecular flexibility index (Phi) is 6.77. The molecule has 1 aliphatic carbocycles. The van der Waals surface area contributed by atoms with Crippen LogP contribution in [-0.4, -0.2) is 40.1 Å². The standard InChI is InChI=1S/C20H24N4O2S/c1-3-13-21-18(25)14-27-20-23-22-19(15-9-11-17(26-2)12-10-15)24(20)16-7-5-4-6-8-16/h1,9-12,16H,4-8,13-14H2,2H3,(H,21,25). The molecule has 1 N–H and O–H groups in total. The molecule has 1 aromatic heterocycles. The lowest BCUT2D eigenvalue weighted by Gasteiger charge is -2.25. The minimum Gasteiger partial charge on any atom is -0.497 e. The van der Waals surface area contributed by atoms with Gasteiger partial charge in [0.2, 0.25) is 5.91 Å². The SMILES string of the molecule is C#CCNC(=O)CSc1nnc(-c2ccc(OC)cc2)n1C1CCCCC1. The van der Waals surface area contributed by atoms with Gasteiger partial charge in [0.15, 0.2) is 11.0 Å². The van der Waals surface area contributed by atoms with Gasteiger partial charge in [-0.2, -0.15) is 0 Å². The van der Waals surface area contributed by atoms with Crippen molar-refractivity contribution in [3.05, 3.63) is 24.3 Å². The average molecular weight is 385 g/mol. The van der Waals surface area contributed by atoms with Crippen LogP contribution in [0.2, 0.25) is 0 Å². The molecule has 0 radical (unpaired) electrons. The third-order valence-corrected chi connectivity index (χ3v) is 5.62. The lowest BCUT2D eigenvalue weighted by molar-refractivity contribution is -0.118. The van der Waals surface area contributed by atoms with Crippen LogP contribution in [0.4, 0.5) is 0 Å². The van der Waals surface area contributed by atoms with Gasteiger partial charge in [0, 0.05) is 11.6 Å². The summed E-state index contributed by atoms with van der Waals surface area (Å²) in [6.07, 6.45) is 11.1. The van der Waals surface area contributed by atoms with Gasteiger partial charge in [-0.15, -0.1) is 16.6 Å². The van der Waals surface area contributed by atoms with Gasteiger partial charge in [0.05, 0.1) is 19.4 Å². The number of aromatic nitrogens is 3. The van der Waals surface area contributed by atoms with Gasteiger partial charge in [-0.1, -0.05) is 36.9 Å². The average Bonchev–Trinajstić information content (AvgIpc) is 3.15. The van der Waals surface area contributed by atoms with Crippen LogP contribution in [0, 0.1) is 12.3 Å². The van der Waals surface area contributed by atoms with Gasteiger partial charge in [0.25, 0.3) is 0 Å². The molecule has 1 heterocycles. The third kappa shape index (κ3) is 4.83. The van der Waals surface area contributed by atoms with Crippen molar-refractivity contribution in [3.8, 4) is 29.5 Å². The molecule has 1 amide bonds. The fourth-order valence-electron chi connectivity index (χ4n) is 3.31. The first-order valence-corrected chi connectivity index (χ1v) is 10.1. The van der Waals surface area contributed by atoms with Crippen molar-refractivity contribution < 1.29 is 9.53 Å². The summed E-state index contributed by atoms with van der Waals surface area (Å²) in [6, 6.07) is 8.21. The molecule has 0 bridgehead atoms. The Balaban J connectivity index is 1.85. The highest BCUT2D eigenvalue weighted by molar-refractivity contribution is 7.99. The van der Waals surface area contributed by atoms with Gasteiger partial charge in [0.1, 0.15) is 5.75 Å². The summed E-state index contributed by atoms with van der Waals surface area (Å²) in [5.41, 5.74) is 0.998. The predicted molar refractivity (Wildman–Crippen MR) is 107 cm³/mol. The minimum absolute atomic E-state index is 0.0952. The molecule has 1 saturated carbocycles. The Bertz CT molecular complexity index is 804. The number of ether oxygens (including phenoxy) is 1. The smallest absolute Gasteiger partial charge is 0.231 e. The zero-order valence-electron chi connectivity index (χ0n) is 15.5. The summed E-state index contributed by atoms with van der Waals surface area (Å²) in [6.45, 7) is 0.242. The van der Waals surface area contributed by atoms with Crippen molar-refractivity contribution in [2.75, 3.05) is 19.4 Å². The van der Waals surface area contributed by atoms with Gasteiger partial charge in [-0.3, -0.25) is 9.36 Å². The molecule has 0 spiro atoms. The molecular formula is C20H24N4O2S. The highest BCUT2D eigenvalue weighted by Crippen LogP contribution is 2.35. The van der Waals surface area contributed by atoms with Crippen molar-refractivity contribution in [2.45, 2.75) is 43.3 Å². The maximum absolute atomic E-state index is 11.9. The van der Waals surface area contributed by atoms with E-state index in [1.54, 1.807) is 7.11 Å². The Morgan fingerprint density at radius 3 is 2.70 bits per heavy atom. The number of thioether (sulfide) groups is 1. The van der Waals surface area contributed by atoms with E-state index in [1.165, 1.54) is 31.0 Å². The van der Waals surface area contributed by atoms with E-state index in [4.69, 9.17) is 11.2 Å². The summed E-state index contributed by atoms with van der Waals surface area (Å²) in [4.78, 5) is 11.9. The summed E-state index contributed by atoms with van der Waals surface area (Å²) in [5, 5.41) is 12.3. The minimum atomic E-state index is -0.0952. The molecule has 0 unspecified atom stereocenters. The van der Waals surface area contributed by atoms with Gasteiger partial charge >= 0.3 is 0 Å². The molecule has 3 rings (SSSR count). The number of hydrogen-bond acceptors (Lipinski definition) is 5. The van der Waals surface area contributed by atoms with Gasteiger partial charge in [-0.25, -0.2) is 0 Å². The first-order valence-electron chi connectivity index (χ1n) is 9.15. The molecule has 1 fully saturated rings. The van der Waals surface area contributed by atoms with Gasteiger partial charge in [-0.05, 0) is 37.1 Å². The number of methoxy groups -OCH3 is 1. The molecule has 0 aliphatic heterocycles. The molecule has 2 aromatic rings. The number of nitrogens with zero attached hydrogens (tertiary/aromatic N) is 3. The van der Waals surface area contributed by atoms with E-state index in [-0.39, 0.29) is 18.2 Å². The first kappa shape index (κ1) is 19.3. The lowest BCUT2D eigenvalue weighted by Crippen LogP contribution is -2.25. The Labute approximate surface area is 164 Å². The molecule has 6 nitrogen and oxygen atoms in total. The molecule has 0 atom stereocenters. The van der Waals surface area contributed by atoms with Crippen molar-refractivity contribution in [2.24, 2.45) is 0 Å². The summed E-state index contributed by atoms with van der Waals surface area (Å²) in [5.74, 6) is 4.24.